The van der Waals surface area contributed by atoms with Crippen LogP contribution >= 0.6 is 11.6 Å². The predicted molar refractivity (Wildman–Crippen MR) is 130 cm³/mol. The molecule has 186 valence electrons. The van der Waals surface area contributed by atoms with Gasteiger partial charge in [-0.2, -0.15) is 13.2 Å². The van der Waals surface area contributed by atoms with E-state index in [4.69, 9.17) is 16.7 Å². The van der Waals surface area contributed by atoms with Crippen molar-refractivity contribution in [1.82, 2.24) is 4.98 Å². The highest BCUT2D eigenvalue weighted by molar-refractivity contribution is 7.92. The van der Waals surface area contributed by atoms with Gasteiger partial charge in [-0.3, -0.25) is 0 Å². The number of carbonyl (C=O) groups is 1. The van der Waals surface area contributed by atoms with Crippen LogP contribution < -0.4 is 9.49 Å². The number of benzene rings is 2. The van der Waals surface area contributed by atoms with Crippen molar-refractivity contribution in [3.8, 4) is 0 Å². The van der Waals surface area contributed by atoms with Crippen molar-refractivity contribution >= 4 is 46.7 Å². The Morgan fingerprint density at radius 1 is 1.06 bits per heavy atom. The second kappa shape index (κ2) is 9.63. The number of hydrogen-bond acceptors (Lipinski definition) is 4. The van der Waals surface area contributed by atoms with E-state index in [0.29, 0.717) is 17.8 Å². The minimum atomic E-state index is -4.71. The Kier molecular flexibility index (Phi) is 7.35. The predicted octanol–water partition coefficient (Wildman–Crippen LogP) is 5.39. The van der Waals surface area contributed by atoms with Crippen molar-refractivity contribution in [3.05, 3.63) is 82.5 Å². The summed E-state index contributed by atoms with van der Waals surface area (Å²) in [6, 6.07) is 12.4. The van der Waals surface area contributed by atoms with Crippen molar-refractivity contribution in [2.75, 3.05) is 4.31 Å². The van der Waals surface area contributed by atoms with Crippen LogP contribution in [-0.2, 0) is 22.7 Å². The van der Waals surface area contributed by atoms with E-state index in [2.05, 4.69) is 24.6 Å². The molecule has 0 fully saturated rings. The van der Waals surface area contributed by atoms with Crippen molar-refractivity contribution < 1.29 is 31.5 Å². The Bertz CT molecular complexity index is 1340. The molecule has 0 bridgehead atoms. The molecule has 12 heteroatoms. The minimum Gasteiger partial charge on any atom is -0.478 e. The van der Waals surface area contributed by atoms with Gasteiger partial charge in [-0.25, -0.2) is 22.5 Å². The van der Waals surface area contributed by atoms with E-state index >= 15 is 0 Å². The molecule has 0 aliphatic heterocycles. The fourth-order valence-corrected chi connectivity index (χ4v) is 6.13. The van der Waals surface area contributed by atoms with Gasteiger partial charge in [-0.1, -0.05) is 60.7 Å². The summed E-state index contributed by atoms with van der Waals surface area (Å²) >= 11 is 6.10. The monoisotopic (exact) mass is 542 g/mol. The summed E-state index contributed by atoms with van der Waals surface area (Å²) in [5.74, 6) is -1.61. The Hall–Kier alpha value is -2.89. The molecule has 0 amide bonds. The molecule has 1 aromatic heterocycles. The van der Waals surface area contributed by atoms with Gasteiger partial charge in [-0.15, -0.1) is 0 Å². The first kappa shape index (κ1) is 26.7. The summed E-state index contributed by atoms with van der Waals surface area (Å²) in [5, 5.41) is 9.74. The van der Waals surface area contributed by atoms with Crippen molar-refractivity contribution in [2.24, 2.45) is 0 Å². The normalized spacial score (nSPS) is 12.4. The molecule has 0 saturated carbocycles. The van der Waals surface area contributed by atoms with Crippen LogP contribution in [0.25, 0.3) is 0 Å². The smallest absolute Gasteiger partial charge is 0.417 e. The van der Waals surface area contributed by atoms with E-state index in [1.807, 2.05) is 12.1 Å². The van der Waals surface area contributed by atoms with E-state index < -0.39 is 40.8 Å². The van der Waals surface area contributed by atoms with Crippen molar-refractivity contribution in [3.63, 3.8) is 0 Å². The third-order valence-electron chi connectivity index (χ3n) is 5.22. The molecule has 6 nitrogen and oxygen atoms in total. The largest absolute Gasteiger partial charge is 0.478 e. The Morgan fingerprint density at radius 3 is 2.09 bits per heavy atom. The maximum absolute atomic E-state index is 13.5. The molecule has 35 heavy (non-hydrogen) atoms. The summed E-state index contributed by atoms with van der Waals surface area (Å²) in [7, 11) is -6.00. The minimum absolute atomic E-state index is 0.122. The molecule has 2 aromatic carbocycles. The summed E-state index contributed by atoms with van der Waals surface area (Å²) in [6.07, 6.45) is -4.19. The maximum Gasteiger partial charge on any atom is 0.417 e. The van der Waals surface area contributed by atoms with Crippen LogP contribution in [0, 0.1) is 0 Å². The van der Waals surface area contributed by atoms with E-state index in [-0.39, 0.29) is 22.8 Å². The molecular formula is C23H22ClF3N2O4SSi. The highest BCUT2D eigenvalue weighted by Crippen LogP contribution is 2.36. The van der Waals surface area contributed by atoms with Crippen LogP contribution in [0.15, 0.2) is 65.7 Å². The standard InChI is InChI=1S/C23H22ClF3N2O4SSi/c1-35(2,3)19-10-4-15(5-11-19)14-29(21-20(24)12-17(13-28-21)23(25,26)27)34(32,33)18-8-6-16(7-9-18)22(30)31/h4-13H,14H2,1-3H3,(H,30,31). The van der Waals surface area contributed by atoms with Crippen molar-refractivity contribution in [2.45, 2.75) is 37.3 Å². The zero-order chi connectivity index (χ0) is 26.2. The third kappa shape index (κ3) is 6.03. The number of carboxylic acid groups (broad SMARTS) is 1. The van der Waals surface area contributed by atoms with Gasteiger partial charge in [0.2, 0.25) is 0 Å². The van der Waals surface area contributed by atoms with Gasteiger partial charge in [0, 0.05) is 6.20 Å². The highest BCUT2D eigenvalue weighted by Gasteiger charge is 2.34. The SMILES string of the molecule is C[Si](C)(C)c1ccc(CN(c2ncc(C(F)(F)F)cc2Cl)S(=O)(=O)c2ccc(C(=O)O)cc2)cc1. The van der Waals surface area contributed by atoms with Crippen LogP contribution in [-0.4, -0.2) is 32.6 Å². The third-order valence-corrected chi connectivity index (χ3v) is 9.31. The average Bonchev–Trinajstić information content (AvgIpc) is 2.76. The van der Waals surface area contributed by atoms with E-state index in [1.54, 1.807) is 12.1 Å². The fraction of sp³-hybridized carbons (Fsp3) is 0.217. The first-order valence-electron chi connectivity index (χ1n) is 10.3. The van der Waals surface area contributed by atoms with Gasteiger partial charge in [0.15, 0.2) is 5.82 Å². The molecule has 1 N–H and O–H groups in total. The van der Waals surface area contributed by atoms with Gasteiger partial charge >= 0.3 is 12.1 Å². The zero-order valence-corrected chi connectivity index (χ0v) is 21.5. The quantitative estimate of drug-likeness (QED) is 0.404. The van der Waals surface area contributed by atoms with Crippen molar-refractivity contribution in [1.29, 1.82) is 0 Å². The number of aromatic carboxylic acids is 1. The van der Waals surface area contributed by atoms with Gasteiger partial charge in [0.25, 0.3) is 10.0 Å². The lowest BCUT2D eigenvalue weighted by atomic mass is 10.2. The summed E-state index contributed by atoms with van der Waals surface area (Å²) in [5.41, 5.74) is -0.674. The zero-order valence-electron chi connectivity index (χ0n) is 19.0. The number of hydrogen-bond donors (Lipinski definition) is 1. The first-order chi connectivity index (χ1) is 16.1. The number of rotatable bonds is 7. The molecule has 0 saturated heterocycles. The summed E-state index contributed by atoms with van der Waals surface area (Å²) in [4.78, 5) is 14.6. The van der Waals surface area contributed by atoms with Crippen LogP contribution in [0.3, 0.4) is 0 Å². The molecule has 0 aliphatic rings. The Balaban J connectivity index is 2.11. The van der Waals surface area contributed by atoms with E-state index in [9.17, 15) is 26.4 Å². The molecule has 0 radical (unpaired) electrons. The average molecular weight is 543 g/mol. The number of carboxylic acids is 1. The number of pyridine rings is 1. The summed E-state index contributed by atoms with van der Waals surface area (Å²) in [6.45, 7) is 6.22. The van der Waals surface area contributed by atoms with Gasteiger partial charge in [0.05, 0.1) is 35.7 Å². The number of nitrogens with zero attached hydrogens (tertiary/aromatic N) is 2. The number of halogens is 4. The molecule has 0 atom stereocenters. The number of anilines is 1. The molecule has 3 rings (SSSR count). The first-order valence-corrected chi connectivity index (χ1v) is 15.6. The number of aromatic nitrogens is 1. The molecular weight excluding hydrogens is 521 g/mol. The molecule has 3 aromatic rings. The van der Waals surface area contributed by atoms with Gasteiger partial charge < -0.3 is 5.11 Å². The van der Waals surface area contributed by atoms with Gasteiger partial charge in [-0.05, 0) is 35.9 Å². The second-order valence-electron chi connectivity index (χ2n) is 8.82. The fourth-order valence-electron chi connectivity index (χ4n) is 3.22. The molecule has 0 spiro atoms. The van der Waals surface area contributed by atoms with E-state index in [1.165, 1.54) is 0 Å². The van der Waals surface area contributed by atoms with E-state index in [0.717, 1.165) is 33.8 Å². The lowest BCUT2D eigenvalue weighted by Crippen LogP contribution is -2.37. The highest BCUT2D eigenvalue weighted by atomic mass is 35.5. The Morgan fingerprint density at radius 2 is 1.63 bits per heavy atom. The summed E-state index contributed by atoms with van der Waals surface area (Å²) < 4.78 is 67.2. The second-order valence-corrected chi connectivity index (χ2v) is 16.2. The molecule has 0 unspecified atom stereocenters. The van der Waals surface area contributed by atoms with Crippen LogP contribution in [0.1, 0.15) is 21.5 Å². The topological polar surface area (TPSA) is 87.6 Å². The molecule has 1 heterocycles. The molecule has 0 aliphatic carbocycles. The van der Waals surface area contributed by atoms with Gasteiger partial charge in [0.1, 0.15) is 0 Å². The lowest BCUT2D eigenvalue weighted by molar-refractivity contribution is -0.137. The lowest BCUT2D eigenvalue weighted by Gasteiger charge is -2.25. The number of alkyl halides is 3. The maximum atomic E-state index is 13.5. The Labute approximate surface area is 207 Å². The number of sulfonamides is 1. The van der Waals surface area contributed by atoms with Crippen LogP contribution in [0.2, 0.25) is 24.7 Å². The van der Waals surface area contributed by atoms with Crippen LogP contribution in [0.5, 0.6) is 0 Å². The van der Waals surface area contributed by atoms with Crippen LogP contribution in [0.4, 0.5) is 19.0 Å².